The molecule has 4 aromatic rings. The quantitative estimate of drug-likeness (QED) is 0.486. The number of hydrogen-bond donors (Lipinski definition) is 2. The van der Waals surface area contributed by atoms with E-state index in [0.29, 0.717) is 22.5 Å². The maximum Gasteiger partial charge on any atom is 0.264 e. The van der Waals surface area contributed by atoms with Crippen LogP contribution in [-0.2, 0) is 11.3 Å². The number of primary amides is 1. The molecule has 0 saturated heterocycles. The van der Waals surface area contributed by atoms with Crippen molar-refractivity contribution in [2.75, 3.05) is 5.32 Å². The number of para-hydroxylation sites is 1. The topological polar surface area (TPSA) is 125 Å². The largest absolute Gasteiger partial charge is 0.366 e. The Labute approximate surface area is 183 Å². The van der Waals surface area contributed by atoms with Gasteiger partial charge in [-0.05, 0) is 38.1 Å². The van der Waals surface area contributed by atoms with E-state index in [1.165, 1.54) is 16.8 Å². The molecule has 0 bridgehead atoms. The first-order valence-electron chi connectivity index (χ1n) is 10.1. The van der Waals surface area contributed by atoms with Crippen molar-refractivity contribution in [1.82, 2.24) is 19.3 Å². The van der Waals surface area contributed by atoms with Crippen molar-refractivity contribution in [3.63, 3.8) is 0 Å². The number of carbonyl (C=O) groups excluding carboxylic acids is 2. The zero-order valence-electron chi connectivity index (χ0n) is 17.7. The number of carbonyl (C=O) groups is 2. The molecule has 0 atom stereocenters. The van der Waals surface area contributed by atoms with Gasteiger partial charge in [-0.2, -0.15) is 5.10 Å². The highest BCUT2D eigenvalue weighted by Crippen LogP contribution is 2.16. The number of anilines is 1. The Kier molecular flexibility index (Phi) is 5.55. The van der Waals surface area contributed by atoms with Crippen LogP contribution in [-0.4, -0.2) is 31.1 Å². The van der Waals surface area contributed by atoms with Gasteiger partial charge in [0.05, 0.1) is 23.1 Å². The van der Waals surface area contributed by atoms with Gasteiger partial charge in [0.25, 0.3) is 11.5 Å². The maximum absolute atomic E-state index is 13.0. The van der Waals surface area contributed by atoms with E-state index in [-0.39, 0.29) is 30.0 Å². The zero-order chi connectivity index (χ0) is 22.8. The van der Waals surface area contributed by atoms with Gasteiger partial charge in [0.1, 0.15) is 11.2 Å². The summed E-state index contributed by atoms with van der Waals surface area (Å²) in [5.74, 6) is -0.504. The zero-order valence-corrected chi connectivity index (χ0v) is 17.7. The Morgan fingerprint density at radius 1 is 1.06 bits per heavy atom. The molecule has 2 heterocycles. The Bertz CT molecular complexity index is 1390. The van der Waals surface area contributed by atoms with Crippen LogP contribution in [0.5, 0.6) is 0 Å². The Hall–Kier alpha value is -4.27. The van der Waals surface area contributed by atoms with E-state index in [1.807, 2.05) is 31.2 Å². The molecule has 0 aliphatic carbocycles. The molecule has 9 nitrogen and oxygen atoms in total. The lowest BCUT2D eigenvalue weighted by Crippen LogP contribution is -2.26. The summed E-state index contributed by atoms with van der Waals surface area (Å²) >= 11 is 0. The highest BCUT2D eigenvalue weighted by atomic mass is 16.2. The van der Waals surface area contributed by atoms with Gasteiger partial charge in [-0.3, -0.25) is 19.0 Å². The second kappa shape index (κ2) is 8.46. The molecular formula is C23H22N6O3. The molecule has 9 heteroatoms. The number of amides is 2. The molecule has 0 radical (unpaired) electrons. The lowest BCUT2D eigenvalue weighted by molar-refractivity contribution is -0.116. The van der Waals surface area contributed by atoms with Crippen LogP contribution in [0, 0.1) is 13.8 Å². The molecule has 2 aromatic heterocycles. The number of aryl methyl sites for hydroxylation is 2. The summed E-state index contributed by atoms with van der Waals surface area (Å²) in [4.78, 5) is 41.6. The van der Waals surface area contributed by atoms with Gasteiger partial charge < -0.3 is 11.1 Å². The summed E-state index contributed by atoms with van der Waals surface area (Å²) in [7, 11) is 0. The van der Waals surface area contributed by atoms with Crippen molar-refractivity contribution < 1.29 is 9.59 Å². The normalized spacial score (nSPS) is 10.9. The first-order chi connectivity index (χ1) is 15.3. The van der Waals surface area contributed by atoms with E-state index in [9.17, 15) is 14.4 Å². The predicted octanol–water partition coefficient (Wildman–Crippen LogP) is 2.33. The minimum Gasteiger partial charge on any atom is -0.366 e. The molecule has 0 saturated carbocycles. The van der Waals surface area contributed by atoms with E-state index >= 15 is 0 Å². The fourth-order valence-electron chi connectivity index (χ4n) is 3.48. The first-order valence-corrected chi connectivity index (χ1v) is 10.1. The molecule has 0 aliphatic heterocycles. The number of nitrogens with one attached hydrogen (secondary N) is 1. The molecule has 2 aromatic carbocycles. The third-order valence-electron chi connectivity index (χ3n) is 5.19. The van der Waals surface area contributed by atoms with Crippen LogP contribution < -0.4 is 16.6 Å². The molecule has 2 amide bonds. The fourth-order valence-corrected chi connectivity index (χ4v) is 3.48. The molecule has 162 valence electrons. The molecule has 0 spiro atoms. The van der Waals surface area contributed by atoms with Crippen LogP contribution in [0.4, 0.5) is 5.69 Å². The van der Waals surface area contributed by atoms with Crippen LogP contribution in [0.2, 0.25) is 0 Å². The van der Waals surface area contributed by atoms with Crippen LogP contribution in [0.1, 0.15) is 28.2 Å². The average molecular weight is 430 g/mol. The lowest BCUT2D eigenvalue weighted by atomic mass is 10.1. The summed E-state index contributed by atoms with van der Waals surface area (Å²) in [5.41, 5.74) is 8.03. The summed E-state index contributed by atoms with van der Waals surface area (Å²) < 4.78 is 3.07. The van der Waals surface area contributed by atoms with E-state index in [1.54, 1.807) is 29.8 Å². The van der Waals surface area contributed by atoms with Crippen molar-refractivity contribution in [2.24, 2.45) is 5.73 Å². The monoisotopic (exact) mass is 430 g/mol. The van der Waals surface area contributed by atoms with Crippen molar-refractivity contribution >= 4 is 28.5 Å². The highest BCUT2D eigenvalue weighted by Gasteiger charge is 2.16. The number of nitrogens with zero attached hydrogens (tertiary/aromatic N) is 4. The lowest BCUT2D eigenvalue weighted by Gasteiger charge is -2.12. The third-order valence-corrected chi connectivity index (χ3v) is 5.19. The van der Waals surface area contributed by atoms with Gasteiger partial charge in [-0.1, -0.05) is 29.8 Å². The van der Waals surface area contributed by atoms with Crippen molar-refractivity contribution in [3.05, 3.63) is 82.0 Å². The van der Waals surface area contributed by atoms with Crippen LogP contribution in [0.3, 0.4) is 0 Å². The number of benzene rings is 2. The molecule has 4 rings (SSSR count). The number of rotatable bonds is 6. The Balaban J connectivity index is 1.57. The second-order valence-corrected chi connectivity index (χ2v) is 7.45. The van der Waals surface area contributed by atoms with Crippen molar-refractivity contribution in [1.29, 1.82) is 0 Å². The molecule has 32 heavy (non-hydrogen) atoms. The molecule has 0 fully saturated rings. The minimum absolute atomic E-state index is 0.0210. The highest BCUT2D eigenvalue weighted by molar-refractivity contribution is 6.02. The van der Waals surface area contributed by atoms with Gasteiger partial charge >= 0.3 is 0 Å². The van der Waals surface area contributed by atoms with Gasteiger partial charge in [-0.15, -0.1) is 0 Å². The number of fused-ring (bicyclic) bond motifs is 1. The number of hydrogen-bond acceptors (Lipinski definition) is 5. The second-order valence-electron chi connectivity index (χ2n) is 7.45. The van der Waals surface area contributed by atoms with E-state index in [0.717, 1.165) is 11.3 Å². The van der Waals surface area contributed by atoms with Crippen LogP contribution in [0.25, 0.3) is 16.7 Å². The van der Waals surface area contributed by atoms with E-state index < -0.39 is 5.91 Å². The van der Waals surface area contributed by atoms with Crippen LogP contribution >= 0.6 is 0 Å². The fraction of sp³-hybridized carbons (Fsp3) is 0.174. The van der Waals surface area contributed by atoms with Gasteiger partial charge in [0, 0.05) is 13.0 Å². The summed E-state index contributed by atoms with van der Waals surface area (Å²) in [6, 6.07) is 14.3. The number of aromatic nitrogens is 4. The molecular weight excluding hydrogens is 408 g/mol. The maximum atomic E-state index is 13.0. The molecule has 3 N–H and O–H groups in total. The Morgan fingerprint density at radius 3 is 2.50 bits per heavy atom. The van der Waals surface area contributed by atoms with E-state index in [4.69, 9.17) is 5.73 Å². The smallest absolute Gasteiger partial charge is 0.264 e. The van der Waals surface area contributed by atoms with Crippen LogP contribution in [0.15, 0.2) is 59.5 Å². The average Bonchev–Trinajstić information content (AvgIpc) is 3.18. The Morgan fingerprint density at radius 2 is 1.78 bits per heavy atom. The standard InChI is InChI=1S/C23H22N6O3/c1-14-7-9-16(10-8-14)29-22-18(13-25-29)23(32)28(15(2)26-22)12-11-20(30)27-19-6-4-3-5-17(19)21(24)31/h3-10,13H,11-12H2,1-2H3,(H2,24,31)(H,27,30). The molecule has 0 unspecified atom stereocenters. The summed E-state index contributed by atoms with van der Waals surface area (Å²) in [5, 5.41) is 7.38. The van der Waals surface area contributed by atoms with E-state index in [2.05, 4.69) is 15.4 Å². The number of nitrogens with two attached hydrogens (primary N) is 1. The molecule has 0 aliphatic rings. The predicted molar refractivity (Wildman–Crippen MR) is 121 cm³/mol. The van der Waals surface area contributed by atoms with Crippen molar-refractivity contribution in [3.8, 4) is 5.69 Å². The minimum atomic E-state index is -0.631. The van der Waals surface area contributed by atoms with Gasteiger partial charge in [0.15, 0.2) is 5.65 Å². The van der Waals surface area contributed by atoms with Crippen molar-refractivity contribution in [2.45, 2.75) is 26.8 Å². The summed E-state index contributed by atoms with van der Waals surface area (Å²) in [6.07, 6.45) is 1.51. The summed E-state index contributed by atoms with van der Waals surface area (Å²) in [6.45, 7) is 3.84. The third kappa shape index (κ3) is 4.00. The van der Waals surface area contributed by atoms with Gasteiger partial charge in [0.2, 0.25) is 5.91 Å². The SMILES string of the molecule is Cc1ccc(-n2ncc3c(=O)n(CCC(=O)Nc4ccccc4C(N)=O)c(C)nc32)cc1. The van der Waals surface area contributed by atoms with Gasteiger partial charge in [-0.25, -0.2) is 9.67 Å². The first kappa shape index (κ1) is 21.0.